The first-order chi connectivity index (χ1) is 8.50. The molecule has 1 fully saturated rings. The molecular formula is C11H15FN2O2S2. The number of rotatable bonds is 3. The smallest absolute Gasteiger partial charge is 0.242 e. The van der Waals surface area contributed by atoms with E-state index in [-0.39, 0.29) is 16.6 Å². The van der Waals surface area contributed by atoms with E-state index in [2.05, 4.69) is 4.72 Å². The third kappa shape index (κ3) is 2.96. The van der Waals surface area contributed by atoms with Crippen molar-refractivity contribution in [3.8, 4) is 0 Å². The van der Waals surface area contributed by atoms with E-state index in [0.717, 1.165) is 30.4 Å². The van der Waals surface area contributed by atoms with Gasteiger partial charge in [0.1, 0.15) is 10.7 Å². The zero-order valence-corrected chi connectivity index (χ0v) is 11.4. The summed E-state index contributed by atoms with van der Waals surface area (Å²) in [6.45, 7) is 0. The molecule has 2 rings (SSSR count). The van der Waals surface area contributed by atoms with Crippen LogP contribution in [-0.4, -0.2) is 26.0 Å². The van der Waals surface area contributed by atoms with Gasteiger partial charge in [-0.1, -0.05) is 6.07 Å². The molecule has 1 heterocycles. The summed E-state index contributed by atoms with van der Waals surface area (Å²) in [6.07, 6.45) is 1.58. The minimum Gasteiger partial charge on any atom is -0.395 e. The van der Waals surface area contributed by atoms with Gasteiger partial charge in [0.2, 0.25) is 10.0 Å². The minimum absolute atomic E-state index is 0.0843. The average Bonchev–Trinajstić information content (AvgIpc) is 2.33. The number of para-hydroxylation sites is 1. The second-order valence-corrected chi connectivity index (χ2v) is 7.07. The monoisotopic (exact) mass is 290 g/mol. The number of nitrogens with one attached hydrogen (secondary N) is 1. The fourth-order valence-corrected chi connectivity index (χ4v) is 4.40. The molecule has 0 radical (unpaired) electrons. The van der Waals surface area contributed by atoms with Crippen LogP contribution in [-0.2, 0) is 10.0 Å². The fraction of sp³-hybridized carbons (Fsp3) is 0.455. The summed E-state index contributed by atoms with van der Waals surface area (Å²) in [6, 6.07) is 3.72. The van der Waals surface area contributed by atoms with Gasteiger partial charge in [0.05, 0.1) is 5.69 Å². The molecule has 4 nitrogen and oxygen atoms in total. The van der Waals surface area contributed by atoms with Crippen LogP contribution in [0.2, 0.25) is 0 Å². The Hall–Kier alpha value is -0.790. The standard InChI is InChI=1S/C11H15FN2O2S2/c12-9-2-1-3-10(11(9)13)18(15,16)14-8-4-6-17-7-5-8/h1-3,8,14H,4-7,13H2. The van der Waals surface area contributed by atoms with Gasteiger partial charge in [0, 0.05) is 6.04 Å². The lowest BCUT2D eigenvalue weighted by molar-refractivity contribution is 0.528. The van der Waals surface area contributed by atoms with Gasteiger partial charge in [-0.05, 0) is 36.5 Å². The molecule has 1 saturated heterocycles. The Bertz CT molecular complexity index is 528. The zero-order valence-electron chi connectivity index (χ0n) is 9.73. The molecular weight excluding hydrogens is 275 g/mol. The van der Waals surface area contributed by atoms with E-state index in [9.17, 15) is 12.8 Å². The highest BCUT2D eigenvalue weighted by Gasteiger charge is 2.24. The summed E-state index contributed by atoms with van der Waals surface area (Å²) in [4.78, 5) is -0.180. The van der Waals surface area contributed by atoms with E-state index in [4.69, 9.17) is 5.73 Å². The Morgan fingerprint density at radius 1 is 1.33 bits per heavy atom. The van der Waals surface area contributed by atoms with Crippen molar-refractivity contribution in [2.75, 3.05) is 17.2 Å². The molecule has 3 N–H and O–H groups in total. The third-order valence-corrected chi connectivity index (χ3v) is 5.47. The number of thioether (sulfide) groups is 1. The van der Waals surface area contributed by atoms with Crippen LogP contribution in [0, 0.1) is 5.82 Å². The number of hydrogen-bond donors (Lipinski definition) is 2. The highest BCUT2D eigenvalue weighted by atomic mass is 32.2. The Balaban J connectivity index is 2.22. The molecule has 0 aromatic heterocycles. The first-order valence-corrected chi connectivity index (χ1v) is 8.28. The van der Waals surface area contributed by atoms with Crippen LogP contribution in [0.4, 0.5) is 10.1 Å². The van der Waals surface area contributed by atoms with Crippen LogP contribution in [0.25, 0.3) is 0 Å². The molecule has 1 aliphatic rings. The van der Waals surface area contributed by atoms with Crippen LogP contribution in [0.5, 0.6) is 0 Å². The largest absolute Gasteiger partial charge is 0.395 e. The van der Waals surface area contributed by atoms with Gasteiger partial charge in [0.25, 0.3) is 0 Å². The van der Waals surface area contributed by atoms with Crippen LogP contribution >= 0.6 is 11.8 Å². The number of benzene rings is 1. The average molecular weight is 290 g/mol. The van der Waals surface area contributed by atoms with Crippen molar-refractivity contribution in [2.24, 2.45) is 0 Å². The molecule has 7 heteroatoms. The number of nitrogens with two attached hydrogens (primary N) is 1. The van der Waals surface area contributed by atoms with Crippen molar-refractivity contribution < 1.29 is 12.8 Å². The summed E-state index contributed by atoms with van der Waals surface area (Å²) in [7, 11) is -3.74. The van der Waals surface area contributed by atoms with Gasteiger partial charge in [-0.25, -0.2) is 17.5 Å². The summed E-state index contributed by atoms with van der Waals surface area (Å²) in [5, 5.41) is 0. The minimum atomic E-state index is -3.74. The van der Waals surface area contributed by atoms with Gasteiger partial charge in [-0.3, -0.25) is 0 Å². The number of anilines is 1. The number of sulfonamides is 1. The van der Waals surface area contributed by atoms with Gasteiger partial charge < -0.3 is 5.73 Å². The highest BCUT2D eigenvalue weighted by molar-refractivity contribution is 7.99. The molecule has 1 aliphatic heterocycles. The van der Waals surface area contributed by atoms with E-state index in [1.54, 1.807) is 11.8 Å². The Kier molecular flexibility index (Phi) is 4.14. The molecule has 0 saturated carbocycles. The molecule has 0 aliphatic carbocycles. The molecule has 100 valence electrons. The van der Waals surface area contributed by atoms with E-state index in [1.165, 1.54) is 12.1 Å². The zero-order chi connectivity index (χ0) is 13.2. The molecule has 0 spiro atoms. The molecule has 0 atom stereocenters. The van der Waals surface area contributed by atoms with Crippen LogP contribution in [0.1, 0.15) is 12.8 Å². The van der Waals surface area contributed by atoms with Crippen LogP contribution in [0.3, 0.4) is 0 Å². The lowest BCUT2D eigenvalue weighted by Gasteiger charge is -2.22. The van der Waals surface area contributed by atoms with Gasteiger partial charge in [0.15, 0.2) is 0 Å². The molecule has 0 amide bonds. The van der Waals surface area contributed by atoms with E-state index in [1.807, 2.05) is 0 Å². The van der Waals surface area contributed by atoms with Crippen molar-refractivity contribution in [3.05, 3.63) is 24.0 Å². The number of hydrogen-bond acceptors (Lipinski definition) is 4. The topological polar surface area (TPSA) is 72.2 Å². The predicted molar refractivity (Wildman–Crippen MR) is 71.5 cm³/mol. The van der Waals surface area contributed by atoms with Gasteiger partial charge in [-0.15, -0.1) is 0 Å². The Morgan fingerprint density at radius 3 is 2.67 bits per heavy atom. The number of halogens is 1. The summed E-state index contributed by atoms with van der Waals surface area (Å²) < 4.78 is 40.1. The second-order valence-electron chi connectivity index (χ2n) is 4.16. The van der Waals surface area contributed by atoms with Crippen molar-refractivity contribution >= 4 is 27.5 Å². The Morgan fingerprint density at radius 2 is 2.00 bits per heavy atom. The quantitative estimate of drug-likeness (QED) is 0.829. The van der Waals surface area contributed by atoms with E-state index in [0.29, 0.717) is 0 Å². The lowest BCUT2D eigenvalue weighted by atomic mass is 10.2. The normalized spacial score (nSPS) is 17.8. The van der Waals surface area contributed by atoms with Gasteiger partial charge in [-0.2, -0.15) is 11.8 Å². The fourth-order valence-electron chi connectivity index (χ4n) is 1.85. The maximum atomic E-state index is 13.3. The van der Waals surface area contributed by atoms with Crippen molar-refractivity contribution in [1.29, 1.82) is 0 Å². The number of nitrogen functional groups attached to an aromatic ring is 1. The van der Waals surface area contributed by atoms with Crippen LogP contribution in [0.15, 0.2) is 23.1 Å². The maximum Gasteiger partial charge on any atom is 0.242 e. The molecule has 0 bridgehead atoms. The summed E-state index contributed by atoms with van der Waals surface area (Å²) in [5.74, 6) is 1.16. The second kappa shape index (κ2) is 5.46. The van der Waals surface area contributed by atoms with E-state index < -0.39 is 15.8 Å². The molecule has 1 aromatic carbocycles. The molecule has 18 heavy (non-hydrogen) atoms. The SMILES string of the molecule is Nc1c(F)cccc1S(=O)(=O)NC1CCSCC1. The molecule has 1 aromatic rings. The Labute approximate surface area is 110 Å². The van der Waals surface area contributed by atoms with Crippen molar-refractivity contribution in [2.45, 2.75) is 23.8 Å². The lowest BCUT2D eigenvalue weighted by Crippen LogP contribution is -2.37. The molecule has 0 unspecified atom stereocenters. The highest BCUT2D eigenvalue weighted by Crippen LogP contribution is 2.23. The van der Waals surface area contributed by atoms with Crippen molar-refractivity contribution in [1.82, 2.24) is 4.72 Å². The van der Waals surface area contributed by atoms with Gasteiger partial charge >= 0.3 is 0 Å². The van der Waals surface area contributed by atoms with Crippen LogP contribution < -0.4 is 10.5 Å². The third-order valence-electron chi connectivity index (χ3n) is 2.85. The summed E-state index contributed by atoms with van der Waals surface area (Å²) >= 11 is 1.81. The summed E-state index contributed by atoms with van der Waals surface area (Å²) in [5.41, 5.74) is 5.15. The first-order valence-electron chi connectivity index (χ1n) is 5.65. The predicted octanol–water partition coefficient (Wildman–Crippen LogP) is 1.58. The van der Waals surface area contributed by atoms with Crippen molar-refractivity contribution in [3.63, 3.8) is 0 Å². The maximum absolute atomic E-state index is 13.3. The van der Waals surface area contributed by atoms with E-state index >= 15 is 0 Å². The first kappa shape index (κ1) is 13.6.